The van der Waals surface area contributed by atoms with Crippen molar-refractivity contribution in [2.75, 3.05) is 20.2 Å². The maximum absolute atomic E-state index is 11.8. The standard InChI is InChI=1S/C10H15BrN2O4/c1-6(11)4-12-10(16)13-5-7(17-2)3-8(13)9(14)15/h7-8H,1,3-5H2,2H3,(H,12,16)(H,14,15). The van der Waals surface area contributed by atoms with Crippen molar-refractivity contribution >= 4 is 27.9 Å². The van der Waals surface area contributed by atoms with E-state index in [4.69, 9.17) is 9.84 Å². The van der Waals surface area contributed by atoms with Crippen molar-refractivity contribution in [3.8, 4) is 0 Å². The molecule has 0 saturated carbocycles. The maximum Gasteiger partial charge on any atom is 0.326 e. The van der Waals surface area contributed by atoms with Gasteiger partial charge < -0.3 is 20.1 Å². The molecular weight excluding hydrogens is 292 g/mol. The number of carboxylic acid groups (broad SMARTS) is 1. The smallest absolute Gasteiger partial charge is 0.326 e. The first kappa shape index (κ1) is 14.0. The Kier molecular flexibility index (Phi) is 4.95. The fourth-order valence-corrected chi connectivity index (χ4v) is 1.84. The van der Waals surface area contributed by atoms with Crippen molar-refractivity contribution in [2.45, 2.75) is 18.6 Å². The van der Waals surface area contributed by atoms with Gasteiger partial charge in [0, 0.05) is 24.6 Å². The average molecular weight is 307 g/mol. The Morgan fingerprint density at radius 1 is 1.65 bits per heavy atom. The molecule has 1 rings (SSSR count). The fourth-order valence-electron chi connectivity index (χ4n) is 1.70. The minimum Gasteiger partial charge on any atom is -0.480 e. The van der Waals surface area contributed by atoms with Crippen molar-refractivity contribution < 1.29 is 19.4 Å². The Morgan fingerprint density at radius 3 is 2.76 bits per heavy atom. The van der Waals surface area contributed by atoms with Crippen molar-refractivity contribution in [3.63, 3.8) is 0 Å². The second-order valence-corrected chi connectivity index (χ2v) is 4.90. The van der Waals surface area contributed by atoms with Crippen LogP contribution in [0.15, 0.2) is 11.1 Å². The molecule has 0 spiro atoms. The fraction of sp³-hybridized carbons (Fsp3) is 0.600. The van der Waals surface area contributed by atoms with Crippen molar-refractivity contribution in [2.24, 2.45) is 0 Å². The number of carboxylic acids is 1. The van der Waals surface area contributed by atoms with Crippen LogP contribution < -0.4 is 5.32 Å². The van der Waals surface area contributed by atoms with Gasteiger partial charge in [-0.3, -0.25) is 0 Å². The number of methoxy groups -OCH3 is 1. The summed E-state index contributed by atoms with van der Waals surface area (Å²) in [7, 11) is 1.51. The van der Waals surface area contributed by atoms with E-state index in [-0.39, 0.29) is 19.2 Å². The molecule has 2 unspecified atom stereocenters. The van der Waals surface area contributed by atoms with Gasteiger partial charge in [0.2, 0.25) is 0 Å². The first-order valence-corrected chi connectivity index (χ1v) is 5.88. The number of nitrogens with zero attached hydrogens (tertiary/aromatic N) is 1. The number of hydrogen-bond acceptors (Lipinski definition) is 3. The van der Waals surface area contributed by atoms with Gasteiger partial charge >= 0.3 is 12.0 Å². The predicted molar refractivity (Wildman–Crippen MR) is 65.0 cm³/mol. The molecule has 0 aromatic heterocycles. The third-order valence-electron chi connectivity index (χ3n) is 2.57. The lowest BCUT2D eigenvalue weighted by Gasteiger charge is -2.21. The number of urea groups is 1. The van der Waals surface area contributed by atoms with Gasteiger partial charge in [0.25, 0.3) is 0 Å². The van der Waals surface area contributed by atoms with Crippen LogP contribution in [0.5, 0.6) is 0 Å². The van der Waals surface area contributed by atoms with E-state index in [9.17, 15) is 9.59 Å². The van der Waals surface area contributed by atoms with Gasteiger partial charge in [0.15, 0.2) is 0 Å². The molecule has 0 radical (unpaired) electrons. The van der Waals surface area contributed by atoms with Crippen LogP contribution in [0.1, 0.15) is 6.42 Å². The van der Waals surface area contributed by atoms with Crippen LogP contribution >= 0.6 is 15.9 Å². The van der Waals surface area contributed by atoms with E-state index in [1.807, 2.05) is 0 Å². The number of halogens is 1. The Labute approximate surface area is 108 Å². The SMILES string of the molecule is C=C(Br)CNC(=O)N1CC(OC)CC1C(=O)O. The van der Waals surface area contributed by atoms with Gasteiger partial charge in [0.05, 0.1) is 12.6 Å². The van der Waals surface area contributed by atoms with Crippen LogP contribution in [-0.4, -0.2) is 54.4 Å². The zero-order valence-electron chi connectivity index (χ0n) is 9.48. The Morgan fingerprint density at radius 2 is 2.29 bits per heavy atom. The quantitative estimate of drug-likeness (QED) is 0.804. The third kappa shape index (κ3) is 3.71. The van der Waals surface area contributed by atoms with Gasteiger partial charge in [-0.05, 0) is 0 Å². The van der Waals surface area contributed by atoms with Gasteiger partial charge in [-0.25, -0.2) is 9.59 Å². The summed E-state index contributed by atoms with van der Waals surface area (Å²) in [6.45, 7) is 4.13. The highest BCUT2D eigenvalue weighted by atomic mass is 79.9. The van der Waals surface area contributed by atoms with E-state index in [1.165, 1.54) is 12.0 Å². The highest BCUT2D eigenvalue weighted by Gasteiger charge is 2.39. The number of hydrogen-bond donors (Lipinski definition) is 2. The zero-order chi connectivity index (χ0) is 13.0. The molecule has 2 amide bonds. The van der Waals surface area contributed by atoms with E-state index in [2.05, 4.69) is 27.8 Å². The normalized spacial score (nSPS) is 23.5. The Bertz CT molecular complexity index is 334. The number of carbonyl (C=O) groups excluding carboxylic acids is 1. The summed E-state index contributed by atoms with van der Waals surface area (Å²) in [4.78, 5) is 24.0. The topological polar surface area (TPSA) is 78.9 Å². The molecular formula is C10H15BrN2O4. The average Bonchev–Trinajstić information content (AvgIpc) is 2.69. The Hall–Kier alpha value is -1.08. The first-order chi connectivity index (χ1) is 7.95. The van der Waals surface area contributed by atoms with Crippen LogP contribution in [0.25, 0.3) is 0 Å². The van der Waals surface area contributed by atoms with E-state index in [0.29, 0.717) is 10.9 Å². The van der Waals surface area contributed by atoms with Crippen molar-refractivity contribution in [3.05, 3.63) is 11.1 Å². The van der Waals surface area contributed by atoms with Gasteiger partial charge in [-0.2, -0.15) is 0 Å². The number of carbonyl (C=O) groups is 2. The molecule has 0 bridgehead atoms. The molecule has 2 atom stereocenters. The molecule has 17 heavy (non-hydrogen) atoms. The van der Waals surface area contributed by atoms with E-state index >= 15 is 0 Å². The number of ether oxygens (including phenoxy) is 1. The van der Waals surface area contributed by atoms with E-state index in [1.54, 1.807) is 0 Å². The lowest BCUT2D eigenvalue weighted by Crippen LogP contribution is -2.46. The third-order valence-corrected chi connectivity index (χ3v) is 2.85. The molecule has 0 aromatic rings. The highest BCUT2D eigenvalue weighted by molar-refractivity contribution is 9.11. The van der Waals surface area contributed by atoms with Crippen LogP contribution in [-0.2, 0) is 9.53 Å². The lowest BCUT2D eigenvalue weighted by molar-refractivity contribution is -0.141. The van der Waals surface area contributed by atoms with Crippen molar-refractivity contribution in [1.82, 2.24) is 10.2 Å². The molecule has 7 heteroatoms. The predicted octanol–water partition coefficient (Wildman–Crippen LogP) is 0.778. The number of aliphatic carboxylic acids is 1. The second kappa shape index (κ2) is 6.02. The summed E-state index contributed by atoms with van der Waals surface area (Å²) in [5.74, 6) is -1.02. The van der Waals surface area contributed by atoms with Crippen LogP contribution in [0, 0.1) is 0 Å². The lowest BCUT2D eigenvalue weighted by atomic mass is 10.2. The molecule has 1 aliphatic rings. The number of likely N-dealkylation sites (tertiary alicyclic amines) is 1. The minimum atomic E-state index is -1.02. The largest absolute Gasteiger partial charge is 0.480 e. The molecule has 1 fully saturated rings. The summed E-state index contributed by atoms with van der Waals surface area (Å²) in [6, 6.07) is -1.25. The van der Waals surface area contributed by atoms with Gasteiger partial charge in [-0.15, -0.1) is 0 Å². The molecule has 1 aliphatic heterocycles. The highest BCUT2D eigenvalue weighted by Crippen LogP contribution is 2.20. The second-order valence-electron chi connectivity index (χ2n) is 3.78. The summed E-state index contributed by atoms with van der Waals surface area (Å²) in [5, 5.41) is 11.6. The van der Waals surface area contributed by atoms with Crippen LogP contribution in [0.2, 0.25) is 0 Å². The molecule has 1 heterocycles. The molecule has 0 aliphatic carbocycles. The molecule has 96 valence electrons. The summed E-state index contributed by atoms with van der Waals surface area (Å²) >= 11 is 3.11. The summed E-state index contributed by atoms with van der Waals surface area (Å²) < 4.78 is 5.71. The van der Waals surface area contributed by atoms with Gasteiger partial charge in [0.1, 0.15) is 6.04 Å². The van der Waals surface area contributed by atoms with Crippen LogP contribution in [0.3, 0.4) is 0 Å². The summed E-state index contributed by atoms with van der Waals surface area (Å²) in [5.41, 5.74) is 0. The van der Waals surface area contributed by atoms with E-state index in [0.717, 1.165) is 0 Å². The summed E-state index contributed by atoms with van der Waals surface area (Å²) in [6.07, 6.45) is 0.0862. The monoisotopic (exact) mass is 306 g/mol. The number of rotatable bonds is 4. The minimum absolute atomic E-state index is 0.228. The molecule has 1 saturated heterocycles. The number of nitrogens with one attached hydrogen (secondary N) is 1. The van der Waals surface area contributed by atoms with E-state index < -0.39 is 18.0 Å². The van der Waals surface area contributed by atoms with Crippen molar-refractivity contribution in [1.29, 1.82) is 0 Å². The molecule has 0 aromatic carbocycles. The van der Waals surface area contributed by atoms with Crippen LogP contribution in [0.4, 0.5) is 4.79 Å². The first-order valence-electron chi connectivity index (χ1n) is 5.09. The maximum atomic E-state index is 11.8. The zero-order valence-corrected chi connectivity index (χ0v) is 11.1. The molecule has 2 N–H and O–H groups in total. The Balaban J connectivity index is 2.63. The number of amides is 2. The molecule has 6 nitrogen and oxygen atoms in total. The van der Waals surface area contributed by atoms with Gasteiger partial charge in [-0.1, -0.05) is 22.5 Å².